The summed E-state index contributed by atoms with van der Waals surface area (Å²) in [4.78, 5) is 8.06. The fraction of sp³-hybridized carbons (Fsp3) is 0.438. The highest BCUT2D eigenvalue weighted by Gasteiger charge is 2.16. The van der Waals surface area contributed by atoms with Crippen molar-refractivity contribution in [2.24, 2.45) is 5.73 Å². The summed E-state index contributed by atoms with van der Waals surface area (Å²) in [5.74, 6) is 0.317. The molecule has 0 saturated carbocycles. The van der Waals surface area contributed by atoms with Crippen LogP contribution in [0.5, 0.6) is 0 Å². The number of aromatic nitrogens is 1. The second kappa shape index (κ2) is 6.37. The zero-order chi connectivity index (χ0) is 14.7. The molecule has 0 aliphatic heterocycles. The number of hydrogen-bond donors (Lipinski definition) is 1. The molecule has 2 N–H and O–H groups in total. The molecule has 20 heavy (non-hydrogen) atoms. The Labute approximate surface area is 125 Å². The van der Waals surface area contributed by atoms with E-state index in [9.17, 15) is 0 Å². The van der Waals surface area contributed by atoms with Crippen LogP contribution >= 0.6 is 11.3 Å². The van der Waals surface area contributed by atoms with E-state index in [1.807, 2.05) is 0 Å². The molecule has 0 bridgehead atoms. The third kappa shape index (κ3) is 3.38. The predicted molar refractivity (Wildman–Crippen MR) is 87.9 cm³/mol. The SMILES string of the molecule is Cc1nc(C(CN)Cc2ccc(N(C)C)cc2)sc1C. The highest BCUT2D eigenvalue weighted by atomic mass is 32.1. The lowest BCUT2D eigenvalue weighted by Gasteiger charge is -2.15. The summed E-state index contributed by atoms with van der Waals surface area (Å²) in [5.41, 5.74) is 9.62. The molecular formula is C16H23N3S. The fourth-order valence-corrected chi connectivity index (χ4v) is 3.19. The molecule has 2 aromatic rings. The number of rotatable bonds is 5. The van der Waals surface area contributed by atoms with Crippen molar-refractivity contribution < 1.29 is 0 Å². The van der Waals surface area contributed by atoms with Gasteiger partial charge in [0.05, 0.1) is 10.7 Å². The van der Waals surface area contributed by atoms with E-state index < -0.39 is 0 Å². The van der Waals surface area contributed by atoms with Crippen LogP contribution in [-0.4, -0.2) is 25.6 Å². The van der Waals surface area contributed by atoms with Gasteiger partial charge in [-0.15, -0.1) is 11.3 Å². The van der Waals surface area contributed by atoms with E-state index in [-0.39, 0.29) is 0 Å². The van der Waals surface area contributed by atoms with Crippen molar-refractivity contribution >= 4 is 17.0 Å². The fourth-order valence-electron chi connectivity index (χ4n) is 2.16. The Bertz CT molecular complexity index is 538. The molecule has 1 unspecified atom stereocenters. The topological polar surface area (TPSA) is 42.1 Å². The van der Waals surface area contributed by atoms with Gasteiger partial charge < -0.3 is 10.6 Å². The van der Waals surface area contributed by atoms with Crippen molar-refractivity contribution in [1.29, 1.82) is 0 Å². The first-order chi connectivity index (χ1) is 9.51. The maximum absolute atomic E-state index is 5.95. The van der Waals surface area contributed by atoms with Crippen LogP contribution in [0.3, 0.4) is 0 Å². The van der Waals surface area contributed by atoms with E-state index in [4.69, 9.17) is 5.73 Å². The predicted octanol–water partition coefficient (Wildman–Crippen LogP) is 3.11. The van der Waals surface area contributed by atoms with E-state index in [2.05, 4.69) is 62.1 Å². The normalized spacial score (nSPS) is 12.4. The lowest BCUT2D eigenvalue weighted by molar-refractivity contribution is 0.687. The monoisotopic (exact) mass is 289 g/mol. The summed E-state index contributed by atoms with van der Waals surface area (Å²) < 4.78 is 0. The molecule has 2 rings (SSSR count). The van der Waals surface area contributed by atoms with Gasteiger partial charge in [0, 0.05) is 37.1 Å². The molecule has 0 amide bonds. The van der Waals surface area contributed by atoms with Gasteiger partial charge in [-0.3, -0.25) is 0 Å². The molecule has 0 spiro atoms. The maximum atomic E-state index is 5.95. The molecule has 1 aromatic carbocycles. The smallest absolute Gasteiger partial charge is 0.0977 e. The van der Waals surface area contributed by atoms with Gasteiger partial charge in [-0.1, -0.05) is 12.1 Å². The minimum Gasteiger partial charge on any atom is -0.378 e. The molecule has 0 radical (unpaired) electrons. The van der Waals surface area contributed by atoms with Crippen LogP contribution in [0.4, 0.5) is 5.69 Å². The molecular weight excluding hydrogens is 266 g/mol. The average Bonchev–Trinajstić information content (AvgIpc) is 2.76. The number of aryl methyl sites for hydroxylation is 2. The van der Waals surface area contributed by atoms with Gasteiger partial charge in [-0.25, -0.2) is 4.98 Å². The van der Waals surface area contributed by atoms with Crippen LogP contribution in [0.15, 0.2) is 24.3 Å². The lowest BCUT2D eigenvalue weighted by Crippen LogP contribution is -2.15. The van der Waals surface area contributed by atoms with Crippen molar-refractivity contribution in [2.45, 2.75) is 26.2 Å². The largest absolute Gasteiger partial charge is 0.378 e. The van der Waals surface area contributed by atoms with Crippen molar-refractivity contribution in [3.63, 3.8) is 0 Å². The first kappa shape index (κ1) is 15.0. The van der Waals surface area contributed by atoms with Gasteiger partial charge in [0.1, 0.15) is 0 Å². The molecule has 0 aliphatic rings. The minimum atomic E-state index is 0.317. The number of hydrogen-bond acceptors (Lipinski definition) is 4. The van der Waals surface area contributed by atoms with Crippen LogP contribution in [0, 0.1) is 13.8 Å². The molecule has 3 nitrogen and oxygen atoms in total. The molecule has 1 aromatic heterocycles. The standard InChI is InChI=1S/C16H23N3S/c1-11-12(2)20-16(18-11)14(10-17)9-13-5-7-15(8-6-13)19(3)4/h5-8,14H,9-10,17H2,1-4H3. The molecule has 108 valence electrons. The Kier molecular flexibility index (Phi) is 4.78. The van der Waals surface area contributed by atoms with E-state index >= 15 is 0 Å². The van der Waals surface area contributed by atoms with E-state index in [1.165, 1.54) is 21.1 Å². The summed E-state index contributed by atoms with van der Waals surface area (Å²) in [7, 11) is 4.11. The van der Waals surface area contributed by atoms with Crippen LogP contribution in [0.1, 0.15) is 27.1 Å². The number of benzene rings is 1. The lowest BCUT2D eigenvalue weighted by atomic mass is 10.00. The second-order valence-electron chi connectivity index (χ2n) is 5.39. The number of thiazole rings is 1. The van der Waals surface area contributed by atoms with Crippen molar-refractivity contribution in [3.05, 3.63) is 45.4 Å². The van der Waals surface area contributed by atoms with E-state index in [1.54, 1.807) is 11.3 Å². The number of nitrogens with two attached hydrogens (primary N) is 1. The van der Waals surface area contributed by atoms with E-state index in [0.717, 1.165) is 12.1 Å². The van der Waals surface area contributed by atoms with Crippen molar-refractivity contribution in [1.82, 2.24) is 4.98 Å². The van der Waals surface area contributed by atoms with Crippen molar-refractivity contribution in [3.8, 4) is 0 Å². The molecule has 0 aliphatic carbocycles. The van der Waals surface area contributed by atoms with Gasteiger partial charge >= 0.3 is 0 Å². The highest BCUT2D eigenvalue weighted by molar-refractivity contribution is 7.11. The maximum Gasteiger partial charge on any atom is 0.0977 e. The van der Waals surface area contributed by atoms with Gasteiger partial charge in [0.25, 0.3) is 0 Å². The summed E-state index contributed by atoms with van der Waals surface area (Å²) in [6, 6.07) is 8.68. The molecule has 4 heteroatoms. The highest BCUT2D eigenvalue weighted by Crippen LogP contribution is 2.27. The molecule has 1 atom stereocenters. The Morgan fingerprint density at radius 3 is 2.30 bits per heavy atom. The third-order valence-electron chi connectivity index (χ3n) is 3.61. The second-order valence-corrected chi connectivity index (χ2v) is 6.63. The minimum absolute atomic E-state index is 0.317. The number of nitrogens with zero attached hydrogens (tertiary/aromatic N) is 2. The summed E-state index contributed by atoms with van der Waals surface area (Å²) in [6.45, 7) is 4.83. The Balaban J connectivity index is 2.13. The molecule has 0 saturated heterocycles. The van der Waals surface area contributed by atoms with Crippen LogP contribution in [0.2, 0.25) is 0 Å². The Hall–Kier alpha value is -1.39. The van der Waals surface area contributed by atoms with E-state index in [0.29, 0.717) is 12.5 Å². The summed E-state index contributed by atoms with van der Waals surface area (Å²) in [6.07, 6.45) is 0.955. The Morgan fingerprint density at radius 2 is 1.85 bits per heavy atom. The van der Waals surface area contributed by atoms with Crippen LogP contribution < -0.4 is 10.6 Å². The Morgan fingerprint density at radius 1 is 1.20 bits per heavy atom. The van der Waals surface area contributed by atoms with Crippen molar-refractivity contribution in [2.75, 3.05) is 25.5 Å². The average molecular weight is 289 g/mol. The molecule has 0 fully saturated rings. The molecule has 1 heterocycles. The van der Waals surface area contributed by atoms with Crippen LogP contribution in [-0.2, 0) is 6.42 Å². The first-order valence-corrected chi connectivity index (χ1v) is 7.73. The quantitative estimate of drug-likeness (QED) is 0.919. The van der Waals surface area contributed by atoms with Crippen LogP contribution in [0.25, 0.3) is 0 Å². The zero-order valence-corrected chi connectivity index (χ0v) is 13.5. The van der Waals surface area contributed by atoms with Gasteiger partial charge in [-0.2, -0.15) is 0 Å². The van der Waals surface area contributed by atoms with Gasteiger partial charge in [0.2, 0.25) is 0 Å². The zero-order valence-electron chi connectivity index (χ0n) is 12.7. The van der Waals surface area contributed by atoms with Gasteiger partial charge in [0.15, 0.2) is 0 Å². The van der Waals surface area contributed by atoms with Gasteiger partial charge in [-0.05, 0) is 38.0 Å². The number of anilines is 1. The summed E-state index contributed by atoms with van der Waals surface area (Å²) in [5, 5.41) is 1.17. The third-order valence-corrected chi connectivity index (χ3v) is 4.85. The summed E-state index contributed by atoms with van der Waals surface area (Å²) >= 11 is 1.77. The first-order valence-electron chi connectivity index (χ1n) is 6.91.